The predicted molar refractivity (Wildman–Crippen MR) is 141 cm³/mol. The van der Waals surface area contributed by atoms with Gasteiger partial charge < -0.3 is 30.5 Å². The fourth-order valence-corrected chi connectivity index (χ4v) is 4.22. The van der Waals surface area contributed by atoms with E-state index in [9.17, 15) is 18.0 Å². The first-order valence-corrected chi connectivity index (χ1v) is 13.7. The average Bonchev–Trinajstić information content (AvgIpc) is 3.25. The summed E-state index contributed by atoms with van der Waals surface area (Å²) in [6.45, 7) is 2.89. The van der Waals surface area contributed by atoms with E-state index in [0.717, 1.165) is 29.8 Å². The summed E-state index contributed by atoms with van der Waals surface area (Å²) >= 11 is 0. The van der Waals surface area contributed by atoms with Crippen molar-refractivity contribution in [1.82, 2.24) is 5.32 Å². The number of hydrogen-bond donors (Lipinski definition) is 5. The summed E-state index contributed by atoms with van der Waals surface area (Å²) in [5.74, 6) is -0.177. The fourth-order valence-electron chi connectivity index (χ4n) is 4.22. The van der Waals surface area contributed by atoms with Gasteiger partial charge in [-0.15, -0.1) is 0 Å². The van der Waals surface area contributed by atoms with Crippen LogP contribution in [0.2, 0.25) is 0 Å². The molecule has 3 rings (SSSR count). The van der Waals surface area contributed by atoms with Gasteiger partial charge in [0.1, 0.15) is 6.61 Å². The maximum atomic E-state index is 12.4. The molecule has 2 aromatic rings. The number of rotatable bonds is 13. The van der Waals surface area contributed by atoms with Crippen molar-refractivity contribution in [1.29, 1.82) is 0 Å². The average molecular weight is 594 g/mol. The summed E-state index contributed by atoms with van der Waals surface area (Å²) in [4.78, 5) is 14.2. The number of benzene rings is 2. The van der Waals surface area contributed by atoms with E-state index in [1.807, 2.05) is 13.0 Å². The van der Waals surface area contributed by atoms with E-state index in [1.54, 1.807) is 18.2 Å². The molecule has 6 N–H and O–H groups in total. The zero-order chi connectivity index (χ0) is 29.9. The highest BCUT2D eigenvalue weighted by molar-refractivity contribution is 7.79. The number of carbonyl (C=O) groups is 1. The van der Waals surface area contributed by atoms with Crippen LogP contribution in [0.1, 0.15) is 34.8 Å². The van der Waals surface area contributed by atoms with Crippen molar-refractivity contribution >= 4 is 22.0 Å². The summed E-state index contributed by atoms with van der Waals surface area (Å²) in [6, 6.07) is 10.2. The van der Waals surface area contributed by atoms with Gasteiger partial charge in [-0.05, 0) is 55.5 Å². The molecule has 0 radical (unpaired) electrons. The zero-order valence-electron chi connectivity index (χ0n) is 21.9. The Bertz CT molecular complexity index is 1220. The molecule has 0 fully saturated rings. The standard InChI is InChI=1S/C25H32F3N3O4.H2O4S/c1-17(30-8-12-34-21-5-2-3-6-22(21)35-16-25(26,27)28)13-18-14-19-7-10-31(9-4-11-32)23(19)20(15-18)24(29)33;1-5(2,3)4/h2-3,5-6,14-15,17,30,32H,4,7-13,16H2,1H3,(H2,29,33);(H2,1,2,3,4)/t17-;/m1./s1. The third kappa shape index (κ3) is 12.0. The van der Waals surface area contributed by atoms with Gasteiger partial charge in [-0.3, -0.25) is 13.9 Å². The van der Waals surface area contributed by atoms with Crippen molar-refractivity contribution in [3.05, 3.63) is 53.1 Å². The summed E-state index contributed by atoms with van der Waals surface area (Å²) in [6.07, 6.45) is -2.31. The van der Waals surface area contributed by atoms with Gasteiger partial charge in [-0.25, -0.2) is 0 Å². The third-order valence-corrected chi connectivity index (χ3v) is 5.70. The summed E-state index contributed by atoms with van der Waals surface area (Å²) in [5, 5.41) is 12.5. The number of alkyl halides is 3. The number of anilines is 1. The molecule has 40 heavy (non-hydrogen) atoms. The second-order valence-corrected chi connectivity index (χ2v) is 9.93. The van der Waals surface area contributed by atoms with Crippen LogP contribution < -0.4 is 25.4 Å². The van der Waals surface area contributed by atoms with Gasteiger partial charge in [0.2, 0.25) is 0 Å². The minimum absolute atomic E-state index is 0.0445. The van der Waals surface area contributed by atoms with Crippen LogP contribution in [0.4, 0.5) is 18.9 Å². The lowest BCUT2D eigenvalue weighted by molar-refractivity contribution is -0.153. The molecule has 1 heterocycles. The van der Waals surface area contributed by atoms with Crippen molar-refractivity contribution in [2.45, 2.75) is 38.4 Å². The first-order valence-electron chi connectivity index (χ1n) is 12.3. The number of primary amides is 1. The van der Waals surface area contributed by atoms with Crippen molar-refractivity contribution < 1.29 is 50.1 Å². The highest BCUT2D eigenvalue weighted by Gasteiger charge is 2.29. The number of fused-ring (bicyclic) bond motifs is 1. The number of nitrogens with two attached hydrogens (primary N) is 1. The Morgan fingerprint density at radius 3 is 2.38 bits per heavy atom. The number of hydrogen-bond acceptors (Lipinski definition) is 8. The van der Waals surface area contributed by atoms with Crippen molar-refractivity contribution in [2.75, 3.05) is 44.4 Å². The van der Waals surface area contributed by atoms with E-state index in [4.69, 9.17) is 37.8 Å². The molecular formula is C25H34F3N3O8S. The van der Waals surface area contributed by atoms with Gasteiger partial charge in [0.05, 0.1) is 11.3 Å². The highest BCUT2D eigenvalue weighted by Crippen LogP contribution is 2.33. The van der Waals surface area contributed by atoms with Crippen LogP contribution in [-0.2, 0) is 23.2 Å². The molecule has 1 amide bonds. The Morgan fingerprint density at radius 2 is 1.80 bits per heavy atom. The number of aliphatic hydroxyl groups is 1. The van der Waals surface area contributed by atoms with E-state index in [2.05, 4.69) is 16.3 Å². The summed E-state index contributed by atoms with van der Waals surface area (Å²) < 4.78 is 79.4. The van der Waals surface area contributed by atoms with Gasteiger partial charge in [0, 0.05) is 32.3 Å². The quantitative estimate of drug-likeness (QED) is 0.172. The maximum absolute atomic E-state index is 12.4. The molecule has 1 atom stereocenters. The second-order valence-electron chi connectivity index (χ2n) is 9.04. The van der Waals surface area contributed by atoms with Crippen LogP contribution in [0.25, 0.3) is 0 Å². The Morgan fingerprint density at radius 1 is 1.18 bits per heavy atom. The third-order valence-electron chi connectivity index (χ3n) is 5.70. The molecule has 224 valence electrons. The van der Waals surface area contributed by atoms with E-state index in [-0.39, 0.29) is 30.8 Å². The molecule has 0 aliphatic carbocycles. The number of halogens is 3. The topological polar surface area (TPSA) is 172 Å². The number of nitrogens with zero attached hydrogens (tertiary/aromatic N) is 1. The van der Waals surface area contributed by atoms with Gasteiger partial charge >= 0.3 is 16.6 Å². The summed E-state index contributed by atoms with van der Waals surface area (Å²) in [5.41, 5.74) is 9.12. The van der Waals surface area contributed by atoms with Crippen LogP contribution in [0.5, 0.6) is 11.5 Å². The van der Waals surface area contributed by atoms with Gasteiger partial charge in [0.25, 0.3) is 5.91 Å². The maximum Gasteiger partial charge on any atom is 0.422 e. The van der Waals surface area contributed by atoms with Crippen LogP contribution in [0.15, 0.2) is 36.4 Å². The molecule has 2 aromatic carbocycles. The first-order chi connectivity index (χ1) is 18.7. The van der Waals surface area contributed by atoms with Crippen LogP contribution in [-0.4, -0.2) is 80.2 Å². The van der Waals surface area contributed by atoms with Crippen molar-refractivity contribution in [3.63, 3.8) is 0 Å². The number of carbonyl (C=O) groups excluding carboxylic acids is 1. The van der Waals surface area contributed by atoms with Gasteiger partial charge in [-0.1, -0.05) is 18.2 Å². The number of ether oxygens (including phenoxy) is 2. The lowest BCUT2D eigenvalue weighted by Crippen LogP contribution is -2.32. The normalized spacial score (nSPS) is 13.7. The predicted octanol–water partition coefficient (Wildman–Crippen LogP) is 2.42. The molecule has 0 saturated heterocycles. The van der Waals surface area contributed by atoms with E-state index in [0.29, 0.717) is 31.5 Å². The minimum Gasteiger partial charge on any atom is -0.488 e. The lowest BCUT2D eigenvalue weighted by Gasteiger charge is -2.22. The smallest absolute Gasteiger partial charge is 0.422 e. The Labute approximate surface area is 230 Å². The summed E-state index contributed by atoms with van der Waals surface area (Å²) in [7, 11) is -4.67. The number of aliphatic hydroxyl groups excluding tert-OH is 1. The molecule has 0 saturated carbocycles. The van der Waals surface area contributed by atoms with Gasteiger partial charge in [-0.2, -0.15) is 21.6 Å². The molecule has 0 unspecified atom stereocenters. The molecule has 0 aromatic heterocycles. The highest BCUT2D eigenvalue weighted by atomic mass is 32.3. The fraction of sp³-hybridized carbons (Fsp3) is 0.480. The van der Waals surface area contributed by atoms with Crippen LogP contribution >= 0.6 is 0 Å². The molecule has 11 nitrogen and oxygen atoms in total. The van der Waals surface area contributed by atoms with Gasteiger partial charge in [0.15, 0.2) is 18.1 Å². The number of nitrogens with one attached hydrogen (secondary N) is 1. The Kier molecular flexibility index (Phi) is 12.4. The largest absolute Gasteiger partial charge is 0.488 e. The number of amides is 1. The van der Waals surface area contributed by atoms with E-state index >= 15 is 0 Å². The Balaban J connectivity index is 0.00000103. The molecular weight excluding hydrogens is 559 g/mol. The molecule has 0 bridgehead atoms. The zero-order valence-corrected chi connectivity index (χ0v) is 22.7. The van der Waals surface area contributed by atoms with Crippen molar-refractivity contribution in [2.24, 2.45) is 5.73 Å². The monoisotopic (exact) mass is 593 g/mol. The minimum atomic E-state index is -4.67. The van der Waals surface area contributed by atoms with Crippen molar-refractivity contribution in [3.8, 4) is 11.5 Å². The first kappa shape index (κ1) is 33.1. The molecule has 15 heteroatoms. The SMILES string of the molecule is C[C@H](Cc1cc2c(c(C(N)=O)c1)N(CCCO)CC2)NCCOc1ccccc1OCC(F)(F)F.O=S(=O)(O)O. The second kappa shape index (κ2) is 15.0. The Hall–Kier alpha value is -3.11. The lowest BCUT2D eigenvalue weighted by atomic mass is 9.98. The molecule has 0 spiro atoms. The number of para-hydroxylation sites is 2. The molecule has 1 aliphatic heterocycles. The van der Waals surface area contributed by atoms with Crippen LogP contribution in [0.3, 0.4) is 0 Å². The van der Waals surface area contributed by atoms with E-state index < -0.39 is 29.1 Å². The van der Waals surface area contributed by atoms with E-state index in [1.165, 1.54) is 6.07 Å². The van der Waals surface area contributed by atoms with Crippen LogP contribution in [0, 0.1) is 0 Å². The molecule has 1 aliphatic rings.